The Morgan fingerprint density at radius 1 is 1.26 bits per heavy atom. The molecule has 2 aromatic rings. The summed E-state index contributed by atoms with van der Waals surface area (Å²) in [7, 11) is 0. The van der Waals surface area contributed by atoms with Crippen LogP contribution in [0.2, 0.25) is 0 Å². The zero-order chi connectivity index (χ0) is 14.2. The van der Waals surface area contributed by atoms with Crippen LogP contribution in [0.3, 0.4) is 0 Å². The van der Waals surface area contributed by atoms with Crippen LogP contribution in [-0.2, 0) is 6.18 Å². The monoisotopic (exact) mass is 350 g/mol. The Labute approximate surface area is 120 Å². The van der Waals surface area contributed by atoms with Crippen LogP contribution < -0.4 is 0 Å². The van der Waals surface area contributed by atoms with E-state index in [1.807, 2.05) is 6.92 Å². The molecule has 0 aliphatic heterocycles. The Bertz CT molecular complexity index is 592. The number of alkyl halides is 3. The summed E-state index contributed by atoms with van der Waals surface area (Å²) in [5, 5.41) is 11.8. The maximum absolute atomic E-state index is 13.0. The van der Waals surface area contributed by atoms with Crippen molar-refractivity contribution in [3.8, 4) is 0 Å². The molecule has 1 aromatic carbocycles. The van der Waals surface area contributed by atoms with Crippen molar-refractivity contribution < 1.29 is 18.3 Å². The van der Waals surface area contributed by atoms with Crippen LogP contribution in [0.4, 0.5) is 13.2 Å². The van der Waals surface area contributed by atoms with Crippen molar-refractivity contribution in [3.05, 3.63) is 55.7 Å². The lowest BCUT2D eigenvalue weighted by atomic mass is 9.98. The molecule has 0 spiro atoms. The summed E-state index contributed by atoms with van der Waals surface area (Å²) in [6.07, 6.45) is -5.76. The first-order valence-electron chi connectivity index (χ1n) is 5.39. The number of rotatable bonds is 2. The Hall–Kier alpha value is -0.850. The highest BCUT2D eigenvalue weighted by molar-refractivity contribution is 9.10. The third-order valence-electron chi connectivity index (χ3n) is 2.68. The zero-order valence-corrected chi connectivity index (χ0v) is 12.2. The van der Waals surface area contributed by atoms with Crippen molar-refractivity contribution in [2.24, 2.45) is 0 Å². The Morgan fingerprint density at radius 3 is 2.47 bits per heavy atom. The van der Waals surface area contributed by atoms with Gasteiger partial charge in [-0.1, -0.05) is 22.0 Å². The van der Waals surface area contributed by atoms with E-state index >= 15 is 0 Å². The molecular formula is C13H10BrF3OS. The molecule has 0 aliphatic carbocycles. The van der Waals surface area contributed by atoms with Gasteiger partial charge in [0, 0.05) is 9.35 Å². The molecule has 19 heavy (non-hydrogen) atoms. The smallest absolute Gasteiger partial charge is 0.384 e. The van der Waals surface area contributed by atoms with Crippen molar-refractivity contribution in [1.29, 1.82) is 0 Å². The average molecular weight is 351 g/mol. The summed E-state index contributed by atoms with van der Waals surface area (Å²) in [5.74, 6) is 0. The van der Waals surface area contributed by atoms with Crippen LogP contribution in [0.25, 0.3) is 0 Å². The molecule has 1 heterocycles. The van der Waals surface area contributed by atoms with Gasteiger partial charge in [-0.05, 0) is 41.6 Å². The fourth-order valence-corrected chi connectivity index (χ4v) is 2.88. The van der Waals surface area contributed by atoms with E-state index in [0.29, 0.717) is 10.0 Å². The van der Waals surface area contributed by atoms with E-state index in [1.54, 1.807) is 11.4 Å². The minimum Gasteiger partial charge on any atom is -0.384 e. The molecule has 6 heteroatoms. The maximum Gasteiger partial charge on any atom is 0.416 e. The fourth-order valence-electron chi connectivity index (χ4n) is 1.80. The molecule has 2 rings (SSSR count). The van der Waals surface area contributed by atoms with Gasteiger partial charge >= 0.3 is 6.18 Å². The van der Waals surface area contributed by atoms with Gasteiger partial charge in [0.25, 0.3) is 0 Å². The van der Waals surface area contributed by atoms with Gasteiger partial charge in [0.1, 0.15) is 6.10 Å². The highest BCUT2D eigenvalue weighted by Crippen LogP contribution is 2.38. The zero-order valence-electron chi connectivity index (χ0n) is 9.83. The summed E-state index contributed by atoms with van der Waals surface area (Å²) in [5.41, 5.74) is -0.470. The van der Waals surface area contributed by atoms with Crippen molar-refractivity contribution in [2.45, 2.75) is 19.2 Å². The third-order valence-corrected chi connectivity index (χ3v) is 4.05. The largest absolute Gasteiger partial charge is 0.416 e. The minimum absolute atomic E-state index is 0.131. The lowest BCUT2D eigenvalue weighted by Gasteiger charge is -2.17. The van der Waals surface area contributed by atoms with Crippen molar-refractivity contribution in [3.63, 3.8) is 0 Å². The van der Waals surface area contributed by atoms with E-state index in [9.17, 15) is 18.3 Å². The van der Waals surface area contributed by atoms with Crippen LogP contribution in [0.1, 0.15) is 27.7 Å². The van der Waals surface area contributed by atoms with E-state index in [2.05, 4.69) is 15.9 Å². The van der Waals surface area contributed by atoms with Gasteiger partial charge in [0.05, 0.1) is 5.56 Å². The standard InChI is InChI=1S/C13H10BrF3OS/c1-7-4-8(6-19-7)12(18)10-3-2-9(14)5-11(10)13(15,16)17/h2-6,12,18H,1H3. The molecule has 0 amide bonds. The predicted molar refractivity (Wildman–Crippen MR) is 72.3 cm³/mol. The summed E-state index contributed by atoms with van der Waals surface area (Å²) in [4.78, 5) is 0.944. The highest BCUT2D eigenvalue weighted by atomic mass is 79.9. The second kappa shape index (κ2) is 5.26. The van der Waals surface area contributed by atoms with E-state index < -0.39 is 17.8 Å². The first kappa shape index (κ1) is 14.6. The number of thiophene rings is 1. The maximum atomic E-state index is 13.0. The normalized spacial score (nSPS) is 13.6. The van der Waals surface area contributed by atoms with Gasteiger partial charge in [0.2, 0.25) is 0 Å². The van der Waals surface area contributed by atoms with Gasteiger partial charge < -0.3 is 5.11 Å². The Kier molecular flexibility index (Phi) is 4.03. The van der Waals surface area contributed by atoms with E-state index in [1.165, 1.54) is 23.5 Å². The van der Waals surface area contributed by atoms with Crippen LogP contribution in [0.15, 0.2) is 34.1 Å². The second-order valence-electron chi connectivity index (χ2n) is 4.12. The van der Waals surface area contributed by atoms with Gasteiger partial charge in [0.15, 0.2) is 0 Å². The molecule has 1 aromatic heterocycles. The fraction of sp³-hybridized carbons (Fsp3) is 0.231. The van der Waals surface area contributed by atoms with Gasteiger partial charge in [-0.15, -0.1) is 11.3 Å². The molecule has 0 saturated carbocycles. The molecule has 0 radical (unpaired) electrons. The van der Waals surface area contributed by atoms with Crippen LogP contribution in [0.5, 0.6) is 0 Å². The van der Waals surface area contributed by atoms with E-state index in [0.717, 1.165) is 10.9 Å². The van der Waals surface area contributed by atoms with Crippen molar-refractivity contribution >= 4 is 27.3 Å². The molecule has 0 saturated heterocycles. The van der Waals surface area contributed by atoms with E-state index in [-0.39, 0.29) is 5.56 Å². The summed E-state index contributed by atoms with van der Waals surface area (Å²) in [6.45, 7) is 1.84. The molecule has 102 valence electrons. The van der Waals surface area contributed by atoms with Crippen LogP contribution >= 0.6 is 27.3 Å². The summed E-state index contributed by atoms with van der Waals surface area (Å²) in [6, 6.07) is 5.47. The Balaban J connectivity index is 2.50. The molecule has 1 unspecified atom stereocenters. The van der Waals surface area contributed by atoms with E-state index in [4.69, 9.17) is 0 Å². The lowest BCUT2D eigenvalue weighted by molar-refractivity contribution is -0.139. The van der Waals surface area contributed by atoms with Crippen LogP contribution in [0, 0.1) is 6.92 Å². The summed E-state index contributed by atoms with van der Waals surface area (Å²) < 4.78 is 39.3. The number of hydrogen-bond acceptors (Lipinski definition) is 2. The number of halogens is 4. The van der Waals surface area contributed by atoms with Crippen LogP contribution in [-0.4, -0.2) is 5.11 Å². The topological polar surface area (TPSA) is 20.2 Å². The molecule has 0 fully saturated rings. The summed E-state index contributed by atoms with van der Waals surface area (Å²) >= 11 is 4.41. The number of aryl methyl sites for hydroxylation is 1. The highest BCUT2D eigenvalue weighted by Gasteiger charge is 2.35. The molecule has 1 N–H and O–H groups in total. The molecule has 1 nitrogen and oxygen atoms in total. The number of aliphatic hydroxyl groups is 1. The second-order valence-corrected chi connectivity index (χ2v) is 6.15. The molecule has 1 atom stereocenters. The first-order valence-corrected chi connectivity index (χ1v) is 7.06. The van der Waals surface area contributed by atoms with Gasteiger partial charge in [-0.25, -0.2) is 0 Å². The number of aliphatic hydroxyl groups excluding tert-OH is 1. The average Bonchev–Trinajstić information content (AvgIpc) is 2.74. The SMILES string of the molecule is Cc1cc(C(O)c2ccc(Br)cc2C(F)(F)F)cs1. The lowest BCUT2D eigenvalue weighted by Crippen LogP contribution is -2.12. The predicted octanol–water partition coefficient (Wildman–Crippen LogP) is 4.92. The third kappa shape index (κ3) is 3.19. The molecule has 0 bridgehead atoms. The first-order chi connectivity index (χ1) is 8.79. The minimum atomic E-state index is -4.49. The van der Waals surface area contributed by atoms with Crippen molar-refractivity contribution in [2.75, 3.05) is 0 Å². The number of hydrogen-bond donors (Lipinski definition) is 1. The number of benzene rings is 1. The molecular weight excluding hydrogens is 341 g/mol. The van der Waals surface area contributed by atoms with Gasteiger partial charge in [-0.3, -0.25) is 0 Å². The van der Waals surface area contributed by atoms with Gasteiger partial charge in [-0.2, -0.15) is 13.2 Å². The Morgan fingerprint density at radius 2 is 1.95 bits per heavy atom. The molecule has 0 aliphatic rings. The quantitative estimate of drug-likeness (QED) is 0.814. The van der Waals surface area contributed by atoms with Crippen molar-refractivity contribution in [1.82, 2.24) is 0 Å².